The van der Waals surface area contributed by atoms with Crippen LogP contribution >= 0.6 is 11.6 Å². The van der Waals surface area contributed by atoms with Gasteiger partial charge in [0.2, 0.25) is 5.24 Å². The smallest absolute Gasteiger partial charge is 0.225 e. The molecule has 2 aromatic rings. The first-order valence-electron chi connectivity index (χ1n) is 6.26. The van der Waals surface area contributed by atoms with Crippen LogP contribution < -0.4 is 9.47 Å². The predicted molar refractivity (Wildman–Crippen MR) is 78.6 cm³/mol. The summed E-state index contributed by atoms with van der Waals surface area (Å²) < 4.78 is 11.0. The van der Waals surface area contributed by atoms with Crippen molar-refractivity contribution in [2.24, 2.45) is 0 Å². The van der Waals surface area contributed by atoms with Crippen molar-refractivity contribution < 1.29 is 14.3 Å². The Labute approximate surface area is 127 Å². The Bertz CT molecular complexity index is 645. The Morgan fingerprint density at radius 1 is 1.00 bits per heavy atom. The van der Waals surface area contributed by atoms with Gasteiger partial charge in [-0.25, -0.2) is 0 Å². The maximum atomic E-state index is 10.6. The molecular weight excluding hydrogens is 290 g/mol. The van der Waals surface area contributed by atoms with Gasteiger partial charge in [0, 0.05) is 0 Å². The van der Waals surface area contributed by atoms with Crippen LogP contribution in [-0.4, -0.2) is 11.8 Å². The zero-order valence-corrected chi connectivity index (χ0v) is 11.8. The molecule has 0 unspecified atom stereocenters. The standard InChI is InChI=1S/C16H12ClNO3/c17-16(19)9-10-20-13-5-7-15(8-6-13)21-14-3-1-12(11-18)2-4-14/h1-8H,9-10H2. The molecule has 0 saturated heterocycles. The molecule has 0 heterocycles. The summed E-state index contributed by atoms with van der Waals surface area (Å²) in [5.74, 6) is 1.94. The van der Waals surface area contributed by atoms with Gasteiger partial charge in [0.1, 0.15) is 17.2 Å². The highest BCUT2D eigenvalue weighted by molar-refractivity contribution is 6.63. The van der Waals surface area contributed by atoms with Crippen LogP contribution in [0, 0.1) is 11.3 Å². The quantitative estimate of drug-likeness (QED) is 0.760. The normalized spacial score (nSPS) is 9.71. The minimum atomic E-state index is -0.421. The molecule has 0 fully saturated rings. The average Bonchev–Trinajstić information content (AvgIpc) is 2.49. The molecule has 0 spiro atoms. The van der Waals surface area contributed by atoms with E-state index in [1.807, 2.05) is 6.07 Å². The van der Waals surface area contributed by atoms with E-state index in [1.165, 1.54) is 0 Å². The molecule has 0 aliphatic heterocycles. The number of carbonyl (C=O) groups excluding carboxylic acids is 1. The number of rotatable bonds is 6. The lowest BCUT2D eigenvalue weighted by Gasteiger charge is -2.08. The maximum absolute atomic E-state index is 10.6. The van der Waals surface area contributed by atoms with Gasteiger partial charge in [-0.1, -0.05) is 0 Å². The Hall–Kier alpha value is -2.51. The van der Waals surface area contributed by atoms with Gasteiger partial charge in [-0.15, -0.1) is 0 Å². The first-order chi connectivity index (χ1) is 10.2. The number of carbonyl (C=O) groups is 1. The lowest BCUT2D eigenvalue weighted by atomic mass is 10.2. The number of nitriles is 1. The fraction of sp³-hybridized carbons (Fsp3) is 0.125. The van der Waals surface area contributed by atoms with Gasteiger partial charge in [-0.05, 0) is 60.1 Å². The van der Waals surface area contributed by atoms with Crippen molar-refractivity contribution in [3.63, 3.8) is 0 Å². The van der Waals surface area contributed by atoms with Crippen LogP contribution in [0.3, 0.4) is 0 Å². The summed E-state index contributed by atoms with van der Waals surface area (Å²) in [5.41, 5.74) is 0.583. The van der Waals surface area contributed by atoms with Crippen LogP contribution in [-0.2, 0) is 4.79 Å². The molecule has 0 aliphatic carbocycles. The van der Waals surface area contributed by atoms with Crippen molar-refractivity contribution in [2.75, 3.05) is 6.61 Å². The van der Waals surface area contributed by atoms with E-state index in [4.69, 9.17) is 26.3 Å². The Kier molecular flexibility index (Phi) is 5.19. The highest BCUT2D eigenvalue weighted by Crippen LogP contribution is 2.24. The molecule has 2 aromatic carbocycles. The molecule has 0 radical (unpaired) electrons. The summed E-state index contributed by atoms with van der Waals surface area (Å²) in [6.07, 6.45) is 0.172. The van der Waals surface area contributed by atoms with E-state index in [9.17, 15) is 4.79 Å². The van der Waals surface area contributed by atoms with Crippen molar-refractivity contribution in [3.8, 4) is 23.3 Å². The summed E-state index contributed by atoms with van der Waals surface area (Å²) in [7, 11) is 0. The lowest BCUT2D eigenvalue weighted by Crippen LogP contribution is -2.00. The van der Waals surface area contributed by atoms with Crippen LogP contribution in [0.1, 0.15) is 12.0 Å². The molecule has 21 heavy (non-hydrogen) atoms. The molecule has 0 aromatic heterocycles. The summed E-state index contributed by atoms with van der Waals surface area (Å²) in [6, 6.07) is 15.9. The zero-order chi connectivity index (χ0) is 15.1. The number of hydrogen-bond donors (Lipinski definition) is 0. The second kappa shape index (κ2) is 7.32. The summed E-state index contributed by atoms with van der Waals surface area (Å²) >= 11 is 5.22. The van der Waals surface area contributed by atoms with Gasteiger partial charge >= 0.3 is 0 Å². The SMILES string of the molecule is N#Cc1ccc(Oc2ccc(OCCC(=O)Cl)cc2)cc1. The Morgan fingerprint density at radius 2 is 1.52 bits per heavy atom. The third kappa shape index (κ3) is 4.83. The molecule has 0 amide bonds. The first-order valence-corrected chi connectivity index (χ1v) is 6.64. The fourth-order valence-corrected chi connectivity index (χ4v) is 1.66. The minimum absolute atomic E-state index is 0.172. The van der Waals surface area contributed by atoms with E-state index in [-0.39, 0.29) is 13.0 Å². The number of ether oxygens (including phenoxy) is 2. The fourth-order valence-electron chi connectivity index (χ4n) is 1.59. The summed E-state index contributed by atoms with van der Waals surface area (Å²) in [5, 5.41) is 8.30. The first kappa shape index (κ1) is 14.9. The largest absolute Gasteiger partial charge is 0.493 e. The summed E-state index contributed by atoms with van der Waals surface area (Å²) in [4.78, 5) is 10.6. The van der Waals surface area contributed by atoms with E-state index < -0.39 is 5.24 Å². The van der Waals surface area contributed by atoms with E-state index in [1.54, 1.807) is 48.5 Å². The second-order valence-electron chi connectivity index (χ2n) is 4.16. The number of benzene rings is 2. The zero-order valence-electron chi connectivity index (χ0n) is 11.1. The van der Waals surface area contributed by atoms with Crippen molar-refractivity contribution in [1.29, 1.82) is 5.26 Å². The number of nitrogens with zero attached hydrogens (tertiary/aromatic N) is 1. The van der Waals surface area contributed by atoms with Crippen molar-refractivity contribution in [2.45, 2.75) is 6.42 Å². The Morgan fingerprint density at radius 3 is 2.05 bits per heavy atom. The molecule has 2 rings (SSSR count). The van der Waals surface area contributed by atoms with Crippen LogP contribution in [0.25, 0.3) is 0 Å². The van der Waals surface area contributed by atoms with E-state index in [2.05, 4.69) is 0 Å². The molecule has 106 valence electrons. The second-order valence-corrected chi connectivity index (χ2v) is 4.58. The number of hydrogen-bond acceptors (Lipinski definition) is 4. The predicted octanol–water partition coefficient (Wildman–Crippen LogP) is 3.88. The highest BCUT2D eigenvalue weighted by atomic mass is 35.5. The molecule has 0 saturated carbocycles. The molecule has 0 N–H and O–H groups in total. The monoisotopic (exact) mass is 301 g/mol. The summed E-state index contributed by atoms with van der Waals surface area (Å²) in [6.45, 7) is 0.248. The van der Waals surface area contributed by atoms with Gasteiger partial charge < -0.3 is 9.47 Å². The molecule has 0 atom stereocenters. The third-order valence-electron chi connectivity index (χ3n) is 2.61. The average molecular weight is 302 g/mol. The lowest BCUT2D eigenvalue weighted by molar-refractivity contribution is -0.112. The van der Waals surface area contributed by atoms with Crippen molar-refractivity contribution in [3.05, 3.63) is 54.1 Å². The number of halogens is 1. The van der Waals surface area contributed by atoms with E-state index in [0.717, 1.165) is 0 Å². The van der Waals surface area contributed by atoms with E-state index in [0.29, 0.717) is 22.8 Å². The molecule has 4 nitrogen and oxygen atoms in total. The molecule has 0 aliphatic rings. The Balaban J connectivity index is 1.92. The molecule has 5 heteroatoms. The maximum Gasteiger partial charge on any atom is 0.225 e. The van der Waals surface area contributed by atoms with Crippen LogP contribution in [0.15, 0.2) is 48.5 Å². The van der Waals surface area contributed by atoms with Gasteiger partial charge in [-0.3, -0.25) is 4.79 Å². The van der Waals surface area contributed by atoms with E-state index >= 15 is 0 Å². The van der Waals surface area contributed by atoms with Crippen LogP contribution in [0.2, 0.25) is 0 Å². The third-order valence-corrected chi connectivity index (χ3v) is 2.80. The molecular formula is C16H12ClNO3. The minimum Gasteiger partial charge on any atom is -0.493 e. The van der Waals surface area contributed by atoms with Gasteiger partial charge in [0.05, 0.1) is 24.7 Å². The van der Waals surface area contributed by atoms with Crippen LogP contribution in [0.5, 0.6) is 17.2 Å². The van der Waals surface area contributed by atoms with Gasteiger partial charge in [0.25, 0.3) is 0 Å². The van der Waals surface area contributed by atoms with Crippen LogP contribution in [0.4, 0.5) is 0 Å². The van der Waals surface area contributed by atoms with Crippen molar-refractivity contribution >= 4 is 16.8 Å². The van der Waals surface area contributed by atoms with Gasteiger partial charge in [0.15, 0.2) is 0 Å². The molecule has 0 bridgehead atoms. The topological polar surface area (TPSA) is 59.3 Å². The van der Waals surface area contributed by atoms with Gasteiger partial charge in [-0.2, -0.15) is 5.26 Å². The highest BCUT2D eigenvalue weighted by Gasteiger charge is 2.01. The van der Waals surface area contributed by atoms with Crippen molar-refractivity contribution in [1.82, 2.24) is 0 Å².